The van der Waals surface area contributed by atoms with Crippen molar-refractivity contribution in [3.63, 3.8) is 0 Å². The van der Waals surface area contributed by atoms with E-state index in [1.54, 1.807) is 0 Å². The summed E-state index contributed by atoms with van der Waals surface area (Å²) in [5, 5.41) is 2.64. The summed E-state index contributed by atoms with van der Waals surface area (Å²) in [6.45, 7) is 0.262. The summed E-state index contributed by atoms with van der Waals surface area (Å²) in [6, 6.07) is 15.3. The first-order valence-electron chi connectivity index (χ1n) is 8.46. The summed E-state index contributed by atoms with van der Waals surface area (Å²) < 4.78 is 68.6. The van der Waals surface area contributed by atoms with E-state index in [1.807, 2.05) is 30.3 Å². The Morgan fingerprint density at radius 2 is 1.69 bits per heavy atom. The molecule has 2 aromatic carbocycles. The Morgan fingerprint density at radius 1 is 0.966 bits per heavy atom. The summed E-state index contributed by atoms with van der Waals surface area (Å²) in [6.07, 6.45) is -4.65. The van der Waals surface area contributed by atoms with E-state index in [9.17, 15) is 26.4 Å². The van der Waals surface area contributed by atoms with Crippen LogP contribution in [0.2, 0.25) is 0 Å². The molecule has 5 nitrogen and oxygen atoms in total. The molecule has 1 aromatic heterocycles. The molecule has 0 radical (unpaired) electrons. The van der Waals surface area contributed by atoms with Gasteiger partial charge in [0.25, 0.3) is 5.91 Å². The van der Waals surface area contributed by atoms with Gasteiger partial charge in [-0.2, -0.15) is 13.2 Å². The highest BCUT2D eigenvalue weighted by Gasteiger charge is 2.32. The number of nitrogens with one attached hydrogen (secondary N) is 1. The van der Waals surface area contributed by atoms with Gasteiger partial charge in [-0.25, -0.2) is 8.42 Å². The van der Waals surface area contributed by atoms with Crippen molar-refractivity contribution in [1.29, 1.82) is 0 Å². The molecule has 0 aliphatic carbocycles. The van der Waals surface area contributed by atoms with Crippen molar-refractivity contribution in [3.8, 4) is 0 Å². The zero-order valence-corrected chi connectivity index (χ0v) is 15.8. The lowest BCUT2D eigenvalue weighted by atomic mass is 10.2. The average molecular weight is 423 g/mol. The largest absolute Gasteiger partial charge is 0.455 e. The van der Waals surface area contributed by atoms with Crippen LogP contribution in [0, 0.1) is 0 Å². The van der Waals surface area contributed by atoms with E-state index in [0.29, 0.717) is 6.07 Å². The van der Waals surface area contributed by atoms with Gasteiger partial charge in [-0.3, -0.25) is 4.79 Å². The summed E-state index contributed by atoms with van der Waals surface area (Å²) in [5.74, 6) is -1.33. The van der Waals surface area contributed by atoms with E-state index in [4.69, 9.17) is 4.42 Å². The Morgan fingerprint density at radius 3 is 2.38 bits per heavy atom. The van der Waals surface area contributed by atoms with E-state index < -0.39 is 38.1 Å². The van der Waals surface area contributed by atoms with Crippen LogP contribution in [0.5, 0.6) is 0 Å². The lowest BCUT2D eigenvalue weighted by Gasteiger charge is -2.09. The van der Waals surface area contributed by atoms with Crippen LogP contribution in [0.25, 0.3) is 0 Å². The molecule has 0 bridgehead atoms. The van der Waals surface area contributed by atoms with Gasteiger partial charge in [-0.15, -0.1) is 0 Å². The normalized spacial score (nSPS) is 12.0. The quantitative estimate of drug-likeness (QED) is 0.645. The second kappa shape index (κ2) is 8.12. The van der Waals surface area contributed by atoms with Crippen LogP contribution in [0.4, 0.5) is 13.2 Å². The molecule has 0 atom stereocenters. The maximum atomic E-state index is 12.8. The number of sulfone groups is 1. The third kappa shape index (κ3) is 5.26. The lowest BCUT2D eigenvalue weighted by molar-refractivity contribution is -0.137. The van der Waals surface area contributed by atoms with Crippen LogP contribution in [0.1, 0.15) is 27.4 Å². The van der Waals surface area contributed by atoms with Crippen LogP contribution in [-0.2, 0) is 28.3 Å². The van der Waals surface area contributed by atoms with E-state index in [-0.39, 0.29) is 18.1 Å². The maximum absolute atomic E-state index is 12.8. The number of carbonyl (C=O) groups is 1. The molecule has 0 saturated heterocycles. The molecule has 0 unspecified atom stereocenters. The monoisotopic (exact) mass is 423 g/mol. The van der Waals surface area contributed by atoms with Crippen LogP contribution in [0.15, 0.2) is 76.0 Å². The first kappa shape index (κ1) is 20.7. The molecule has 1 amide bonds. The first-order chi connectivity index (χ1) is 13.6. The van der Waals surface area contributed by atoms with E-state index in [2.05, 4.69) is 5.32 Å². The topological polar surface area (TPSA) is 76.4 Å². The fourth-order valence-corrected chi connectivity index (χ4v) is 3.87. The Bertz CT molecular complexity index is 1110. The van der Waals surface area contributed by atoms with Gasteiger partial charge < -0.3 is 9.73 Å². The smallest absolute Gasteiger partial charge is 0.416 e. The van der Waals surface area contributed by atoms with Crippen molar-refractivity contribution in [1.82, 2.24) is 5.32 Å². The van der Waals surface area contributed by atoms with Crippen molar-refractivity contribution in [3.05, 3.63) is 89.4 Å². The van der Waals surface area contributed by atoms with Gasteiger partial charge in [-0.1, -0.05) is 36.4 Å². The maximum Gasteiger partial charge on any atom is 0.416 e. The van der Waals surface area contributed by atoms with Crippen molar-refractivity contribution >= 4 is 15.7 Å². The number of benzene rings is 2. The Hall–Kier alpha value is -3.07. The van der Waals surface area contributed by atoms with Crippen molar-refractivity contribution in [2.75, 3.05) is 0 Å². The van der Waals surface area contributed by atoms with Crippen LogP contribution < -0.4 is 5.32 Å². The summed E-state index contributed by atoms with van der Waals surface area (Å²) in [4.78, 5) is 11.7. The van der Waals surface area contributed by atoms with Crippen LogP contribution >= 0.6 is 0 Å². The molecule has 0 spiro atoms. The Kier molecular flexibility index (Phi) is 5.78. The van der Waals surface area contributed by atoms with Crippen LogP contribution in [0.3, 0.4) is 0 Å². The zero-order valence-electron chi connectivity index (χ0n) is 14.9. The van der Waals surface area contributed by atoms with E-state index in [0.717, 1.165) is 23.8 Å². The van der Waals surface area contributed by atoms with Crippen LogP contribution in [-0.4, -0.2) is 14.3 Å². The molecular formula is C20H16F3NO4S. The van der Waals surface area contributed by atoms with Gasteiger partial charge in [0.2, 0.25) is 0 Å². The molecule has 3 rings (SSSR count). The summed E-state index contributed by atoms with van der Waals surface area (Å²) >= 11 is 0. The summed E-state index contributed by atoms with van der Waals surface area (Å²) in [7, 11) is -4.09. The molecule has 3 aromatic rings. The molecule has 0 saturated carbocycles. The SMILES string of the molecule is O=C(NCc1ccccc1)c1ccc(CS(=O)(=O)c2cccc(C(F)(F)F)c2)o1. The highest BCUT2D eigenvalue weighted by atomic mass is 32.2. The predicted octanol–water partition coefficient (Wildman–Crippen LogP) is 4.20. The lowest BCUT2D eigenvalue weighted by Crippen LogP contribution is -2.22. The predicted molar refractivity (Wildman–Crippen MR) is 98.7 cm³/mol. The van der Waals surface area contributed by atoms with Gasteiger partial charge in [0.05, 0.1) is 10.5 Å². The highest BCUT2D eigenvalue weighted by Crippen LogP contribution is 2.31. The minimum absolute atomic E-state index is 0.0488. The second-order valence-corrected chi connectivity index (χ2v) is 8.21. The molecule has 29 heavy (non-hydrogen) atoms. The fraction of sp³-hybridized carbons (Fsp3) is 0.150. The third-order valence-corrected chi connectivity index (χ3v) is 5.67. The Balaban J connectivity index is 1.70. The van der Waals surface area contributed by atoms with Gasteiger partial charge >= 0.3 is 6.18 Å². The molecule has 9 heteroatoms. The standard InChI is InChI=1S/C20H16F3NO4S/c21-20(22,23)15-7-4-8-17(11-15)29(26,27)13-16-9-10-18(28-16)19(25)24-12-14-5-2-1-3-6-14/h1-11H,12-13H2,(H,24,25). The highest BCUT2D eigenvalue weighted by molar-refractivity contribution is 7.90. The summed E-state index contributed by atoms with van der Waals surface area (Å²) in [5.41, 5.74) is -0.182. The average Bonchev–Trinajstić information content (AvgIpc) is 3.14. The fourth-order valence-electron chi connectivity index (χ4n) is 2.58. The third-order valence-electron chi connectivity index (χ3n) is 4.03. The number of rotatable bonds is 6. The van der Waals surface area contributed by atoms with Crippen molar-refractivity contribution in [2.45, 2.75) is 23.4 Å². The number of furan rings is 1. The van der Waals surface area contributed by atoms with E-state index in [1.165, 1.54) is 12.1 Å². The number of hydrogen-bond donors (Lipinski definition) is 1. The number of halogens is 3. The molecule has 1 heterocycles. The molecule has 0 fully saturated rings. The molecular weight excluding hydrogens is 407 g/mol. The molecule has 0 aliphatic heterocycles. The van der Waals surface area contributed by atoms with Gasteiger partial charge in [0, 0.05) is 6.54 Å². The number of carbonyl (C=O) groups excluding carboxylic acids is 1. The zero-order chi connectivity index (χ0) is 21.1. The molecule has 152 valence electrons. The minimum Gasteiger partial charge on any atom is -0.455 e. The molecule has 1 N–H and O–H groups in total. The van der Waals surface area contributed by atoms with Gasteiger partial charge in [0.1, 0.15) is 11.5 Å². The molecule has 0 aliphatic rings. The van der Waals surface area contributed by atoms with Gasteiger partial charge in [-0.05, 0) is 35.9 Å². The number of alkyl halides is 3. The second-order valence-electron chi connectivity index (χ2n) is 6.22. The van der Waals surface area contributed by atoms with Crippen molar-refractivity contribution < 1.29 is 30.8 Å². The van der Waals surface area contributed by atoms with Crippen molar-refractivity contribution in [2.24, 2.45) is 0 Å². The minimum atomic E-state index is -4.65. The number of hydrogen-bond acceptors (Lipinski definition) is 4. The van der Waals surface area contributed by atoms with E-state index >= 15 is 0 Å². The first-order valence-corrected chi connectivity index (χ1v) is 10.1. The van der Waals surface area contributed by atoms with Gasteiger partial charge in [0.15, 0.2) is 15.6 Å². The Labute approximate surface area is 165 Å². The number of amides is 1.